The molecule has 0 aromatic rings. The summed E-state index contributed by atoms with van der Waals surface area (Å²) < 4.78 is 0.524. The summed E-state index contributed by atoms with van der Waals surface area (Å²) in [6, 6.07) is -0.342. The first-order valence-electron chi connectivity index (χ1n) is 4.16. The average Bonchev–Trinajstić information content (AvgIpc) is 2.27. The average molecular weight is 231 g/mol. The van der Waals surface area contributed by atoms with Crippen molar-refractivity contribution >= 4 is 40.2 Å². The molecular formula is C8H13N3OS2. The van der Waals surface area contributed by atoms with Crippen LogP contribution in [0.5, 0.6) is 0 Å². The molecule has 0 atom stereocenters. The van der Waals surface area contributed by atoms with E-state index in [9.17, 15) is 4.79 Å². The summed E-state index contributed by atoms with van der Waals surface area (Å²) in [5.74, 6) is 0.701. The van der Waals surface area contributed by atoms with Gasteiger partial charge in [-0.2, -0.15) is 4.99 Å². The Morgan fingerprint density at radius 2 is 2.21 bits per heavy atom. The van der Waals surface area contributed by atoms with Crippen LogP contribution in [0.25, 0.3) is 0 Å². The van der Waals surface area contributed by atoms with Crippen LogP contribution in [-0.4, -0.2) is 39.9 Å². The quantitative estimate of drug-likeness (QED) is 0.641. The van der Waals surface area contributed by atoms with Gasteiger partial charge in [0.1, 0.15) is 10.2 Å². The van der Waals surface area contributed by atoms with Crippen molar-refractivity contribution in [1.29, 1.82) is 0 Å². The summed E-state index contributed by atoms with van der Waals surface area (Å²) in [5, 5.41) is 2.46. The number of rotatable bonds is 0. The van der Waals surface area contributed by atoms with E-state index in [2.05, 4.69) is 10.3 Å². The van der Waals surface area contributed by atoms with Gasteiger partial charge in [0.25, 0.3) is 0 Å². The van der Waals surface area contributed by atoms with Gasteiger partial charge in [0.2, 0.25) is 0 Å². The Morgan fingerprint density at radius 1 is 1.64 bits per heavy atom. The molecule has 1 aliphatic rings. The van der Waals surface area contributed by atoms with Gasteiger partial charge in [-0.05, 0) is 13.8 Å². The van der Waals surface area contributed by atoms with E-state index in [1.54, 1.807) is 11.9 Å². The number of aliphatic imine (C=N–C) groups is 1. The SMILES string of the molecule is CNC(=O)/N=C1\N(C)C(=S)SC1(C)C. The van der Waals surface area contributed by atoms with E-state index in [0.29, 0.717) is 5.84 Å². The normalized spacial score (nSPS) is 23.0. The highest BCUT2D eigenvalue weighted by atomic mass is 32.2. The first-order chi connectivity index (χ1) is 6.38. The van der Waals surface area contributed by atoms with Gasteiger partial charge in [0.05, 0.1) is 4.75 Å². The van der Waals surface area contributed by atoms with E-state index in [-0.39, 0.29) is 10.8 Å². The fraction of sp³-hybridized carbons (Fsp3) is 0.625. The molecule has 6 heteroatoms. The number of amides is 2. The molecule has 1 fully saturated rings. The number of thiocarbonyl (C=S) groups is 1. The van der Waals surface area contributed by atoms with Gasteiger partial charge in [0, 0.05) is 14.1 Å². The molecular weight excluding hydrogens is 218 g/mol. The summed E-state index contributed by atoms with van der Waals surface area (Å²) in [5.41, 5.74) is 0. The Hall–Kier alpha value is -0.620. The lowest BCUT2D eigenvalue weighted by molar-refractivity contribution is 0.251. The zero-order chi connectivity index (χ0) is 10.9. The third kappa shape index (κ3) is 2.06. The summed E-state index contributed by atoms with van der Waals surface area (Å²) >= 11 is 6.67. The molecule has 0 unspecified atom stereocenters. The Balaban J connectivity index is 3.02. The lowest BCUT2D eigenvalue weighted by Gasteiger charge is -2.18. The summed E-state index contributed by atoms with van der Waals surface area (Å²) in [7, 11) is 3.38. The van der Waals surface area contributed by atoms with Crippen molar-refractivity contribution in [3.8, 4) is 0 Å². The lowest BCUT2D eigenvalue weighted by Crippen LogP contribution is -2.35. The molecule has 14 heavy (non-hydrogen) atoms. The minimum absolute atomic E-state index is 0.224. The molecule has 0 spiro atoms. The Kier molecular flexibility index (Phi) is 3.16. The number of urea groups is 1. The van der Waals surface area contributed by atoms with Gasteiger partial charge in [-0.1, -0.05) is 24.0 Å². The summed E-state index contributed by atoms with van der Waals surface area (Å²) in [6.45, 7) is 3.99. The standard InChI is InChI=1S/C8H13N3OS2/c1-8(2)5(10-6(12)9-3)11(4)7(13)14-8/h1-4H3,(H,9,12)/b10-5-. The van der Waals surface area contributed by atoms with E-state index in [1.807, 2.05) is 20.9 Å². The molecule has 78 valence electrons. The molecule has 0 bridgehead atoms. The van der Waals surface area contributed by atoms with Crippen LogP contribution >= 0.6 is 24.0 Å². The monoisotopic (exact) mass is 231 g/mol. The first-order valence-corrected chi connectivity index (χ1v) is 5.38. The van der Waals surface area contributed by atoms with E-state index < -0.39 is 0 Å². The van der Waals surface area contributed by atoms with E-state index >= 15 is 0 Å². The molecule has 4 nitrogen and oxygen atoms in total. The van der Waals surface area contributed by atoms with Crippen LogP contribution in [-0.2, 0) is 0 Å². The zero-order valence-corrected chi connectivity index (χ0v) is 10.3. The molecule has 1 N–H and O–H groups in total. The van der Waals surface area contributed by atoms with Gasteiger partial charge >= 0.3 is 6.03 Å². The van der Waals surface area contributed by atoms with Crippen LogP contribution in [0.3, 0.4) is 0 Å². The van der Waals surface area contributed by atoms with E-state index in [1.165, 1.54) is 11.8 Å². The van der Waals surface area contributed by atoms with Gasteiger partial charge in [-0.25, -0.2) is 4.79 Å². The third-order valence-corrected chi connectivity index (χ3v) is 3.56. The molecule has 1 heterocycles. The highest BCUT2D eigenvalue weighted by molar-refractivity contribution is 8.24. The second kappa shape index (κ2) is 3.86. The number of nitrogens with zero attached hydrogens (tertiary/aromatic N) is 2. The van der Waals surface area contributed by atoms with Crippen molar-refractivity contribution < 1.29 is 4.79 Å². The number of thioether (sulfide) groups is 1. The van der Waals surface area contributed by atoms with Crippen LogP contribution in [0, 0.1) is 0 Å². The van der Waals surface area contributed by atoms with E-state index in [4.69, 9.17) is 12.2 Å². The Morgan fingerprint density at radius 3 is 2.57 bits per heavy atom. The highest BCUT2D eigenvalue weighted by Gasteiger charge is 2.39. The molecule has 0 aromatic carbocycles. The molecule has 1 rings (SSSR count). The maximum absolute atomic E-state index is 11.1. The van der Waals surface area contributed by atoms with Gasteiger partial charge in [-0.3, -0.25) is 0 Å². The second-order valence-electron chi connectivity index (χ2n) is 3.43. The van der Waals surface area contributed by atoms with Crippen molar-refractivity contribution in [2.45, 2.75) is 18.6 Å². The largest absolute Gasteiger partial charge is 0.342 e. The fourth-order valence-electron chi connectivity index (χ4n) is 1.18. The molecule has 0 aromatic heterocycles. The molecule has 0 saturated carbocycles. The van der Waals surface area contributed by atoms with E-state index in [0.717, 1.165) is 4.32 Å². The lowest BCUT2D eigenvalue weighted by atomic mass is 10.2. The first kappa shape index (κ1) is 11.5. The maximum atomic E-state index is 11.1. The summed E-state index contributed by atoms with van der Waals surface area (Å²) in [4.78, 5) is 16.9. The smallest absolute Gasteiger partial charge is 0.339 e. The number of hydrogen-bond acceptors (Lipinski definition) is 3. The predicted octanol–water partition coefficient (Wildman–Crippen LogP) is 1.47. The van der Waals surface area contributed by atoms with Crippen molar-refractivity contribution in [3.05, 3.63) is 0 Å². The molecule has 1 aliphatic heterocycles. The minimum atomic E-state index is -0.342. The van der Waals surface area contributed by atoms with Crippen LogP contribution in [0.1, 0.15) is 13.8 Å². The number of hydrogen-bond donors (Lipinski definition) is 1. The Bertz CT molecular complexity index is 312. The van der Waals surface area contributed by atoms with Gasteiger partial charge in [-0.15, -0.1) is 0 Å². The zero-order valence-electron chi connectivity index (χ0n) is 8.62. The van der Waals surface area contributed by atoms with Gasteiger partial charge < -0.3 is 10.2 Å². The molecule has 0 radical (unpaired) electrons. The fourth-order valence-corrected chi connectivity index (χ4v) is 2.83. The van der Waals surface area contributed by atoms with Crippen molar-refractivity contribution in [1.82, 2.24) is 10.2 Å². The topological polar surface area (TPSA) is 44.7 Å². The van der Waals surface area contributed by atoms with Crippen LogP contribution in [0.15, 0.2) is 4.99 Å². The van der Waals surface area contributed by atoms with Crippen LogP contribution < -0.4 is 5.32 Å². The third-order valence-electron chi connectivity index (χ3n) is 1.89. The number of carbonyl (C=O) groups is 1. The van der Waals surface area contributed by atoms with Crippen molar-refractivity contribution in [2.75, 3.05) is 14.1 Å². The number of nitrogens with one attached hydrogen (secondary N) is 1. The van der Waals surface area contributed by atoms with Gasteiger partial charge in [0.15, 0.2) is 0 Å². The van der Waals surface area contributed by atoms with Crippen molar-refractivity contribution in [2.24, 2.45) is 4.99 Å². The number of amidine groups is 1. The number of carbonyl (C=O) groups excluding carboxylic acids is 1. The molecule has 0 aliphatic carbocycles. The Labute approximate surface area is 93.1 Å². The highest BCUT2D eigenvalue weighted by Crippen LogP contribution is 2.36. The van der Waals surface area contributed by atoms with Crippen molar-refractivity contribution in [3.63, 3.8) is 0 Å². The summed E-state index contributed by atoms with van der Waals surface area (Å²) in [6.07, 6.45) is 0. The minimum Gasteiger partial charge on any atom is -0.339 e. The molecule has 2 amide bonds. The predicted molar refractivity (Wildman–Crippen MR) is 63.9 cm³/mol. The second-order valence-corrected chi connectivity index (χ2v) is 5.68. The molecule has 1 saturated heterocycles. The van der Waals surface area contributed by atoms with Crippen LogP contribution in [0.4, 0.5) is 4.79 Å². The van der Waals surface area contributed by atoms with Crippen LogP contribution in [0.2, 0.25) is 0 Å². The maximum Gasteiger partial charge on any atom is 0.342 e.